The van der Waals surface area contributed by atoms with Crippen molar-refractivity contribution in [3.05, 3.63) is 39.6 Å². The lowest BCUT2D eigenvalue weighted by Gasteiger charge is -2.09. The highest BCUT2D eigenvalue weighted by Gasteiger charge is 2.18. The number of benzene rings is 1. The van der Waals surface area contributed by atoms with Crippen molar-refractivity contribution < 1.29 is 12.8 Å². The average Bonchev–Trinajstić information content (AvgIpc) is 2.78. The lowest BCUT2D eigenvalue weighted by atomic mass is 10.2. The number of anilines is 1. The Morgan fingerprint density at radius 2 is 2.10 bits per heavy atom. The summed E-state index contributed by atoms with van der Waals surface area (Å²) in [5.74, 6) is -0.595. The van der Waals surface area contributed by atoms with Crippen molar-refractivity contribution in [1.82, 2.24) is 9.71 Å². The van der Waals surface area contributed by atoms with Gasteiger partial charge in [-0.1, -0.05) is 0 Å². The molecule has 0 spiro atoms. The lowest BCUT2D eigenvalue weighted by Crippen LogP contribution is -2.23. The summed E-state index contributed by atoms with van der Waals surface area (Å²) in [6, 6.07) is 2.37. The second kappa shape index (κ2) is 5.47. The van der Waals surface area contributed by atoms with E-state index in [0.717, 1.165) is 16.6 Å². The largest absolute Gasteiger partial charge is 0.396 e. The van der Waals surface area contributed by atoms with Gasteiger partial charge in [-0.05, 0) is 31.5 Å². The maximum atomic E-state index is 13.4. The van der Waals surface area contributed by atoms with Crippen LogP contribution in [-0.2, 0) is 16.6 Å². The van der Waals surface area contributed by atoms with Gasteiger partial charge in [0.05, 0.1) is 21.8 Å². The van der Waals surface area contributed by atoms with Gasteiger partial charge in [-0.3, -0.25) is 0 Å². The van der Waals surface area contributed by atoms with Crippen LogP contribution in [0, 0.1) is 19.7 Å². The second-order valence-electron chi connectivity index (χ2n) is 4.33. The maximum Gasteiger partial charge on any atom is 0.240 e. The molecular weight excluding hydrogens is 301 g/mol. The fourth-order valence-electron chi connectivity index (χ4n) is 1.66. The number of thiazole rings is 1. The minimum Gasteiger partial charge on any atom is -0.396 e. The number of sulfonamides is 1. The van der Waals surface area contributed by atoms with E-state index in [-0.39, 0.29) is 22.7 Å². The van der Waals surface area contributed by atoms with Crippen LogP contribution in [-0.4, -0.2) is 13.4 Å². The summed E-state index contributed by atoms with van der Waals surface area (Å²) >= 11 is 1.37. The van der Waals surface area contributed by atoms with Gasteiger partial charge < -0.3 is 5.73 Å². The standard InChI is InChI=1S/C12H14FN3O2S2/c1-7-3-9(4-10(14)12(7)13)20(17,18)16-5-11-8(2)15-6-19-11/h3-4,6,16H,5,14H2,1-2H3. The Bertz CT molecular complexity index is 718. The average molecular weight is 315 g/mol. The molecule has 5 nitrogen and oxygen atoms in total. The molecule has 0 aliphatic heterocycles. The Morgan fingerprint density at radius 3 is 2.65 bits per heavy atom. The molecule has 20 heavy (non-hydrogen) atoms. The van der Waals surface area contributed by atoms with Crippen molar-refractivity contribution >= 4 is 27.0 Å². The number of nitrogens with zero attached hydrogens (tertiary/aromatic N) is 1. The van der Waals surface area contributed by atoms with Crippen LogP contribution < -0.4 is 10.5 Å². The normalized spacial score (nSPS) is 11.8. The van der Waals surface area contributed by atoms with Gasteiger partial charge in [-0.2, -0.15) is 0 Å². The highest BCUT2D eigenvalue weighted by molar-refractivity contribution is 7.89. The molecule has 3 N–H and O–H groups in total. The quantitative estimate of drug-likeness (QED) is 0.845. The fraction of sp³-hybridized carbons (Fsp3) is 0.250. The van der Waals surface area contributed by atoms with E-state index in [9.17, 15) is 12.8 Å². The molecule has 0 atom stereocenters. The van der Waals surface area contributed by atoms with Crippen molar-refractivity contribution in [1.29, 1.82) is 0 Å². The molecule has 0 aliphatic carbocycles. The third-order valence-electron chi connectivity index (χ3n) is 2.83. The van der Waals surface area contributed by atoms with Gasteiger partial charge >= 0.3 is 0 Å². The molecule has 0 saturated heterocycles. The number of aryl methyl sites for hydroxylation is 2. The molecule has 0 unspecified atom stereocenters. The van der Waals surface area contributed by atoms with Crippen LogP contribution >= 0.6 is 11.3 Å². The first-order valence-corrected chi connectivity index (χ1v) is 8.12. The van der Waals surface area contributed by atoms with Crippen molar-refractivity contribution in [2.45, 2.75) is 25.3 Å². The third kappa shape index (κ3) is 2.97. The lowest BCUT2D eigenvalue weighted by molar-refractivity contribution is 0.580. The molecular formula is C12H14FN3O2S2. The maximum absolute atomic E-state index is 13.4. The summed E-state index contributed by atoms with van der Waals surface area (Å²) < 4.78 is 40.2. The van der Waals surface area contributed by atoms with E-state index >= 15 is 0 Å². The smallest absolute Gasteiger partial charge is 0.240 e. The van der Waals surface area contributed by atoms with E-state index in [4.69, 9.17) is 5.73 Å². The summed E-state index contributed by atoms with van der Waals surface area (Å²) in [5.41, 5.74) is 7.91. The minimum atomic E-state index is -3.73. The molecule has 0 bridgehead atoms. The monoisotopic (exact) mass is 315 g/mol. The van der Waals surface area contributed by atoms with Gasteiger partial charge in [-0.25, -0.2) is 22.5 Å². The molecule has 1 heterocycles. The van der Waals surface area contributed by atoms with Crippen LogP contribution in [0.25, 0.3) is 0 Å². The molecule has 0 aliphatic rings. The summed E-state index contributed by atoms with van der Waals surface area (Å²) in [4.78, 5) is 4.83. The fourth-order valence-corrected chi connectivity index (χ4v) is 3.58. The summed E-state index contributed by atoms with van der Waals surface area (Å²) in [5, 5.41) is 0. The zero-order valence-corrected chi connectivity index (χ0v) is 12.6. The molecule has 2 aromatic rings. The predicted molar refractivity (Wildman–Crippen MR) is 76.4 cm³/mol. The number of hydrogen-bond acceptors (Lipinski definition) is 5. The highest BCUT2D eigenvalue weighted by Crippen LogP contribution is 2.21. The van der Waals surface area contributed by atoms with Gasteiger partial charge in [0.25, 0.3) is 0 Å². The Balaban J connectivity index is 2.25. The van der Waals surface area contributed by atoms with Crippen LogP contribution in [0.3, 0.4) is 0 Å². The van der Waals surface area contributed by atoms with E-state index in [1.807, 2.05) is 0 Å². The van der Waals surface area contributed by atoms with Crippen molar-refractivity contribution in [3.8, 4) is 0 Å². The van der Waals surface area contributed by atoms with E-state index in [1.54, 1.807) is 12.4 Å². The van der Waals surface area contributed by atoms with Crippen LogP contribution in [0.5, 0.6) is 0 Å². The van der Waals surface area contributed by atoms with Gasteiger partial charge in [0.1, 0.15) is 5.82 Å². The highest BCUT2D eigenvalue weighted by atomic mass is 32.2. The van der Waals surface area contributed by atoms with E-state index in [2.05, 4.69) is 9.71 Å². The number of hydrogen-bond donors (Lipinski definition) is 2. The van der Waals surface area contributed by atoms with E-state index in [0.29, 0.717) is 0 Å². The molecule has 1 aromatic carbocycles. The van der Waals surface area contributed by atoms with Crippen molar-refractivity contribution in [3.63, 3.8) is 0 Å². The topological polar surface area (TPSA) is 85.1 Å². The SMILES string of the molecule is Cc1cc(S(=O)(=O)NCc2scnc2C)cc(N)c1F. The summed E-state index contributed by atoms with van der Waals surface area (Å²) in [6.45, 7) is 3.42. The molecule has 0 radical (unpaired) electrons. The molecule has 0 fully saturated rings. The summed E-state index contributed by atoms with van der Waals surface area (Å²) in [6.07, 6.45) is 0. The molecule has 108 valence electrons. The number of rotatable bonds is 4. The Morgan fingerprint density at radius 1 is 1.40 bits per heavy atom. The van der Waals surface area contributed by atoms with Crippen molar-refractivity contribution in [2.24, 2.45) is 0 Å². The molecule has 2 rings (SSSR count). The number of nitrogen functional groups attached to an aromatic ring is 1. The summed E-state index contributed by atoms with van der Waals surface area (Å²) in [7, 11) is -3.73. The Hall–Kier alpha value is -1.51. The van der Waals surface area contributed by atoms with Crippen molar-refractivity contribution in [2.75, 3.05) is 5.73 Å². The first kappa shape index (κ1) is 14.9. The second-order valence-corrected chi connectivity index (χ2v) is 7.04. The molecule has 0 amide bonds. The predicted octanol–water partition coefficient (Wildman–Crippen LogP) is 1.96. The molecule has 8 heteroatoms. The number of nitrogens with one attached hydrogen (secondary N) is 1. The van der Waals surface area contributed by atoms with E-state index < -0.39 is 15.8 Å². The zero-order valence-electron chi connectivity index (χ0n) is 11.0. The Labute approximate surface area is 120 Å². The van der Waals surface area contributed by atoms with Crippen LogP contribution in [0.1, 0.15) is 16.1 Å². The molecule has 0 saturated carbocycles. The number of aromatic nitrogens is 1. The first-order valence-electron chi connectivity index (χ1n) is 5.75. The zero-order chi connectivity index (χ0) is 14.9. The Kier molecular flexibility index (Phi) is 4.07. The van der Waals surface area contributed by atoms with Crippen LogP contribution in [0.2, 0.25) is 0 Å². The van der Waals surface area contributed by atoms with Gasteiger partial charge in [0.2, 0.25) is 10.0 Å². The van der Waals surface area contributed by atoms with E-state index in [1.165, 1.54) is 24.3 Å². The first-order chi connectivity index (χ1) is 9.31. The van der Waals surface area contributed by atoms with Gasteiger partial charge in [-0.15, -0.1) is 11.3 Å². The van der Waals surface area contributed by atoms with Gasteiger partial charge in [0.15, 0.2) is 0 Å². The van der Waals surface area contributed by atoms with Crippen LogP contribution in [0.15, 0.2) is 22.5 Å². The molecule has 1 aromatic heterocycles. The number of nitrogens with two attached hydrogens (primary N) is 1. The van der Waals surface area contributed by atoms with Gasteiger partial charge in [0, 0.05) is 11.4 Å². The minimum absolute atomic E-state index is 0.0453. The third-order valence-corrected chi connectivity index (χ3v) is 5.15. The number of halogens is 1. The van der Waals surface area contributed by atoms with Crippen LogP contribution in [0.4, 0.5) is 10.1 Å².